The lowest BCUT2D eigenvalue weighted by molar-refractivity contribution is 0.633. The molecule has 1 N–H and O–H groups in total. The van der Waals surface area contributed by atoms with Crippen LogP contribution in [-0.2, 0) is 6.42 Å². The minimum absolute atomic E-state index is 0.237. The Labute approximate surface area is 109 Å². The second-order valence-corrected chi connectivity index (χ2v) is 4.17. The van der Waals surface area contributed by atoms with Gasteiger partial charge in [-0.3, -0.25) is 0 Å². The predicted octanol–water partition coefficient (Wildman–Crippen LogP) is 3.54. The van der Waals surface area contributed by atoms with Crippen LogP contribution in [0, 0.1) is 12.0 Å². The number of benzene rings is 2. The van der Waals surface area contributed by atoms with Crippen LogP contribution in [0.2, 0.25) is 0 Å². The fourth-order valence-corrected chi connectivity index (χ4v) is 1.95. The van der Waals surface area contributed by atoms with E-state index in [4.69, 9.17) is 0 Å². The summed E-state index contributed by atoms with van der Waals surface area (Å²) in [7, 11) is 0. The molecule has 0 radical (unpaired) electrons. The minimum atomic E-state index is 0.237. The SMILES string of the molecule is CC#CNC(Cc1ccccc1)c1ccccc1. The van der Waals surface area contributed by atoms with E-state index in [-0.39, 0.29) is 6.04 Å². The molecule has 2 aromatic rings. The number of rotatable bonds is 4. The molecule has 0 heterocycles. The lowest BCUT2D eigenvalue weighted by Crippen LogP contribution is -2.18. The molecule has 1 unspecified atom stereocenters. The van der Waals surface area contributed by atoms with Crippen LogP contribution in [0.3, 0.4) is 0 Å². The molecule has 0 aliphatic heterocycles. The van der Waals surface area contributed by atoms with Crippen molar-refractivity contribution in [2.75, 3.05) is 0 Å². The van der Waals surface area contributed by atoms with Gasteiger partial charge in [-0.15, -0.1) is 0 Å². The Morgan fingerprint density at radius 1 is 0.944 bits per heavy atom. The molecule has 2 aromatic carbocycles. The monoisotopic (exact) mass is 235 g/mol. The Balaban J connectivity index is 2.17. The topological polar surface area (TPSA) is 12.0 Å². The van der Waals surface area contributed by atoms with Gasteiger partial charge in [0.15, 0.2) is 0 Å². The van der Waals surface area contributed by atoms with Crippen LogP contribution in [0.4, 0.5) is 0 Å². The summed E-state index contributed by atoms with van der Waals surface area (Å²) in [5.74, 6) is 2.89. The molecule has 0 spiro atoms. The van der Waals surface area contributed by atoms with Crippen molar-refractivity contribution in [2.45, 2.75) is 19.4 Å². The van der Waals surface area contributed by atoms with Gasteiger partial charge in [0.2, 0.25) is 0 Å². The van der Waals surface area contributed by atoms with Gasteiger partial charge in [-0.2, -0.15) is 0 Å². The van der Waals surface area contributed by atoms with Gasteiger partial charge in [0.25, 0.3) is 0 Å². The highest BCUT2D eigenvalue weighted by atomic mass is 14.9. The average molecular weight is 235 g/mol. The molecule has 0 aromatic heterocycles. The summed E-state index contributed by atoms with van der Waals surface area (Å²) in [6, 6.07) is 24.1. The van der Waals surface area contributed by atoms with Crippen LogP contribution < -0.4 is 5.32 Å². The van der Waals surface area contributed by atoms with E-state index in [1.807, 2.05) is 19.1 Å². The average Bonchev–Trinajstić information content (AvgIpc) is 2.45. The Morgan fingerprint density at radius 2 is 1.56 bits per heavy atom. The standard InChI is InChI=1S/C17H17N/c1-2-13-18-17(16-11-7-4-8-12-16)14-15-9-5-3-6-10-15/h3-12,17-18H,14H2,1H3. The molecule has 0 saturated heterocycles. The molecule has 0 saturated carbocycles. The maximum absolute atomic E-state index is 3.27. The van der Waals surface area contributed by atoms with Gasteiger partial charge in [-0.05, 0) is 24.5 Å². The van der Waals surface area contributed by atoms with Gasteiger partial charge in [0.1, 0.15) is 0 Å². The third-order valence-electron chi connectivity index (χ3n) is 2.86. The maximum atomic E-state index is 3.27. The Morgan fingerprint density at radius 3 is 2.17 bits per heavy atom. The summed E-state index contributed by atoms with van der Waals surface area (Å²) in [5.41, 5.74) is 2.58. The normalized spacial score (nSPS) is 11.2. The first-order chi connectivity index (χ1) is 8.90. The van der Waals surface area contributed by atoms with Crippen molar-refractivity contribution in [3.63, 3.8) is 0 Å². The molecular weight excluding hydrogens is 218 g/mol. The molecule has 0 bridgehead atoms. The third kappa shape index (κ3) is 3.40. The lowest BCUT2D eigenvalue weighted by atomic mass is 9.99. The van der Waals surface area contributed by atoms with Gasteiger partial charge in [0.05, 0.1) is 6.04 Å². The van der Waals surface area contributed by atoms with Crippen LogP contribution in [0.15, 0.2) is 60.7 Å². The van der Waals surface area contributed by atoms with E-state index in [9.17, 15) is 0 Å². The first-order valence-corrected chi connectivity index (χ1v) is 6.16. The summed E-state index contributed by atoms with van der Waals surface area (Å²) in [6.07, 6.45) is 0.944. The highest BCUT2D eigenvalue weighted by Crippen LogP contribution is 2.17. The van der Waals surface area contributed by atoms with Gasteiger partial charge in [-0.1, -0.05) is 66.6 Å². The summed E-state index contributed by atoms with van der Waals surface area (Å²) in [5, 5.41) is 3.27. The van der Waals surface area contributed by atoms with E-state index < -0.39 is 0 Å². The minimum Gasteiger partial charge on any atom is -0.338 e. The van der Waals surface area contributed by atoms with Crippen molar-refractivity contribution in [2.24, 2.45) is 0 Å². The van der Waals surface area contributed by atoms with E-state index in [1.165, 1.54) is 11.1 Å². The Hall–Kier alpha value is -2.20. The molecule has 90 valence electrons. The number of hydrogen-bond donors (Lipinski definition) is 1. The van der Waals surface area contributed by atoms with Crippen LogP contribution in [0.5, 0.6) is 0 Å². The fourth-order valence-electron chi connectivity index (χ4n) is 1.95. The third-order valence-corrected chi connectivity index (χ3v) is 2.86. The predicted molar refractivity (Wildman–Crippen MR) is 75.9 cm³/mol. The summed E-state index contributed by atoms with van der Waals surface area (Å²) >= 11 is 0. The molecule has 1 heteroatoms. The number of hydrogen-bond acceptors (Lipinski definition) is 1. The van der Waals surface area contributed by atoms with Gasteiger partial charge < -0.3 is 5.32 Å². The van der Waals surface area contributed by atoms with Crippen LogP contribution in [0.1, 0.15) is 24.1 Å². The molecule has 2 rings (SSSR count). The van der Waals surface area contributed by atoms with E-state index >= 15 is 0 Å². The van der Waals surface area contributed by atoms with Crippen molar-refractivity contribution in [3.8, 4) is 12.0 Å². The van der Waals surface area contributed by atoms with Crippen molar-refractivity contribution in [3.05, 3.63) is 71.8 Å². The van der Waals surface area contributed by atoms with E-state index in [2.05, 4.69) is 65.8 Å². The smallest absolute Gasteiger partial charge is 0.0630 e. The van der Waals surface area contributed by atoms with Gasteiger partial charge in [-0.25, -0.2) is 0 Å². The first kappa shape index (κ1) is 12.3. The maximum Gasteiger partial charge on any atom is 0.0630 e. The zero-order chi connectivity index (χ0) is 12.6. The Bertz CT molecular complexity index is 520. The first-order valence-electron chi connectivity index (χ1n) is 6.16. The van der Waals surface area contributed by atoms with E-state index in [1.54, 1.807) is 0 Å². The van der Waals surface area contributed by atoms with E-state index in [0.717, 1.165) is 6.42 Å². The van der Waals surface area contributed by atoms with Crippen LogP contribution in [0.25, 0.3) is 0 Å². The number of nitrogens with one attached hydrogen (secondary N) is 1. The summed E-state index contributed by atoms with van der Waals surface area (Å²) in [6.45, 7) is 1.84. The van der Waals surface area contributed by atoms with Crippen molar-refractivity contribution in [1.29, 1.82) is 0 Å². The van der Waals surface area contributed by atoms with Crippen molar-refractivity contribution < 1.29 is 0 Å². The molecule has 1 atom stereocenters. The second kappa shape index (κ2) is 6.51. The lowest BCUT2D eigenvalue weighted by Gasteiger charge is -2.16. The summed E-state index contributed by atoms with van der Waals surface area (Å²) < 4.78 is 0. The quantitative estimate of drug-likeness (QED) is 0.631. The van der Waals surface area contributed by atoms with Gasteiger partial charge in [0, 0.05) is 6.04 Å². The van der Waals surface area contributed by atoms with Crippen molar-refractivity contribution in [1.82, 2.24) is 5.32 Å². The zero-order valence-electron chi connectivity index (χ0n) is 10.6. The fraction of sp³-hybridized carbons (Fsp3) is 0.176. The van der Waals surface area contributed by atoms with Crippen LogP contribution in [-0.4, -0.2) is 0 Å². The Kier molecular flexibility index (Phi) is 4.44. The highest BCUT2D eigenvalue weighted by molar-refractivity contribution is 5.24. The largest absolute Gasteiger partial charge is 0.338 e. The zero-order valence-corrected chi connectivity index (χ0v) is 10.6. The molecule has 1 nitrogen and oxygen atoms in total. The highest BCUT2D eigenvalue weighted by Gasteiger charge is 2.09. The molecule has 18 heavy (non-hydrogen) atoms. The molecular formula is C17H17N. The molecule has 0 amide bonds. The second-order valence-electron chi connectivity index (χ2n) is 4.17. The van der Waals surface area contributed by atoms with Crippen molar-refractivity contribution >= 4 is 0 Å². The molecule has 0 fully saturated rings. The molecule has 0 aliphatic rings. The van der Waals surface area contributed by atoms with Crippen LogP contribution >= 0.6 is 0 Å². The molecule has 0 aliphatic carbocycles. The van der Waals surface area contributed by atoms with E-state index in [0.29, 0.717) is 0 Å². The summed E-state index contributed by atoms with van der Waals surface area (Å²) in [4.78, 5) is 0. The van der Waals surface area contributed by atoms with Gasteiger partial charge >= 0.3 is 0 Å².